The third kappa shape index (κ3) is 6.83. The highest BCUT2D eigenvalue weighted by Crippen LogP contribution is 2.19. The van der Waals surface area contributed by atoms with Gasteiger partial charge in [0.1, 0.15) is 0 Å². The summed E-state index contributed by atoms with van der Waals surface area (Å²) in [4.78, 5) is 0.132. The van der Waals surface area contributed by atoms with Gasteiger partial charge in [0, 0.05) is 12.6 Å². The average molecular weight is 421 g/mol. The predicted molar refractivity (Wildman–Crippen MR) is 107 cm³/mol. The molecule has 0 saturated carbocycles. The third-order valence-electron chi connectivity index (χ3n) is 4.57. The highest BCUT2D eigenvalue weighted by molar-refractivity contribution is 7.89. The first kappa shape index (κ1) is 24.0. The Morgan fingerprint density at radius 1 is 1.00 bits per heavy atom. The molecule has 2 N–H and O–H groups in total. The summed E-state index contributed by atoms with van der Waals surface area (Å²) in [6.45, 7) is 8.77. The number of rotatable bonds is 10. The van der Waals surface area contributed by atoms with Gasteiger partial charge in [0.15, 0.2) is 0 Å². The molecule has 0 aromatic heterocycles. The fraction of sp³-hybridized carbons (Fsp3) is 0.667. The van der Waals surface area contributed by atoms with Crippen LogP contribution in [-0.4, -0.2) is 57.7 Å². The summed E-state index contributed by atoms with van der Waals surface area (Å²) < 4.78 is 53.9. The largest absolute Gasteiger partial charge is 0.395 e. The van der Waals surface area contributed by atoms with E-state index in [4.69, 9.17) is 0 Å². The zero-order chi connectivity index (χ0) is 21.0. The molecule has 0 radical (unpaired) electrons. The third-order valence-corrected chi connectivity index (χ3v) is 7.35. The van der Waals surface area contributed by atoms with E-state index in [0.29, 0.717) is 0 Å². The molecule has 1 rings (SSSR count). The number of aryl methyl sites for hydroxylation is 1. The normalized spacial score (nSPS) is 15.5. The van der Waals surface area contributed by atoms with Crippen molar-refractivity contribution in [1.29, 1.82) is 0 Å². The van der Waals surface area contributed by atoms with E-state index in [1.54, 1.807) is 12.1 Å². The Morgan fingerprint density at radius 2 is 1.52 bits per heavy atom. The molecule has 156 valence electrons. The molecule has 0 aliphatic carbocycles. The smallest absolute Gasteiger partial charge is 0.240 e. The number of aliphatic hydroxyl groups excluding tert-OH is 1. The van der Waals surface area contributed by atoms with E-state index in [2.05, 4.69) is 4.72 Å². The molecule has 0 saturated heterocycles. The van der Waals surface area contributed by atoms with Crippen LogP contribution in [0.5, 0.6) is 0 Å². The van der Waals surface area contributed by atoms with Gasteiger partial charge in [-0.1, -0.05) is 45.4 Å². The van der Waals surface area contributed by atoms with Crippen LogP contribution in [0.25, 0.3) is 0 Å². The van der Waals surface area contributed by atoms with E-state index in [0.717, 1.165) is 11.8 Å². The van der Waals surface area contributed by atoms with Gasteiger partial charge in [-0.25, -0.2) is 21.6 Å². The predicted octanol–water partition coefficient (Wildman–Crippen LogP) is 1.58. The second-order valence-electron chi connectivity index (χ2n) is 7.61. The van der Waals surface area contributed by atoms with Crippen molar-refractivity contribution in [3.63, 3.8) is 0 Å². The highest BCUT2D eigenvalue weighted by Gasteiger charge is 2.33. The fourth-order valence-electron chi connectivity index (χ4n) is 2.71. The molecule has 2 atom stereocenters. The molecule has 0 fully saturated rings. The van der Waals surface area contributed by atoms with Crippen LogP contribution in [-0.2, 0) is 20.0 Å². The minimum Gasteiger partial charge on any atom is -0.395 e. The van der Waals surface area contributed by atoms with E-state index in [1.165, 1.54) is 16.4 Å². The SMILES string of the molecule is Cc1ccc(S(=O)(=O)N[C@H](CN([C@H](CO)C(C)C)S(C)(=O)=O)C(C)C)cc1. The first-order valence-corrected chi connectivity index (χ1v) is 12.3. The lowest BCUT2D eigenvalue weighted by molar-refractivity contribution is 0.142. The second kappa shape index (κ2) is 9.47. The van der Waals surface area contributed by atoms with Crippen molar-refractivity contribution in [1.82, 2.24) is 9.03 Å². The number of nitrogens with one attached hydrogen (secondary N) is 1. The minimum atomic E-state index is -3.80. The van der Waals surface area contributed by atoms with Crippen molar-refractivity contribution < 1.29 is 21.9 Å². The summed E-state index contributed by atoms with van der Waals surface area (Å²) in [6, 6.07) is 5.20. The number of sulfonamides is 2. The monoisotopic (exact) mass is 420 g/mol. The Hall–Kier alpha value is -1.00. The summed E-state index contributed by atoms with van der Waals surface area (Å²) in [6.07, 6.45) is 1.07. The number of nitrogens with zero attached hydrogens (tertiary/aromatic N) is 1. The van der Waals surface area contributed by atoms with Crippen LogP contribution in [0.2, 0.25) is 0 Å². The summed E-state index contributed by atoms with van der Waals surface area (Å²) in [5, 5.41) is 9.67. The standard InChI is InChI=1S/C18H32N2O5S2/c1-13(2)17(11-20(26(6,22)23)18(12-21)14(3)4)19-27(24,25)16-9-7-15(5)8-10-16/h7-10,13-14,17-19,21H,11-12H2,1-6H3/t17-,18-/m1/s1. The van der Waals surface area contributed by atoms with Gasteiger partial charge >= 0.3 is 0 Å². The van der Waals surface area contributed by atoms with Gasteiger partial charge < -0.3 is 5.11 Å². The Balaban J connectivity index is 3.18. The first-order valence-electron chi connectivity index (χ1n) is 8.96. The molecule has 0 unspecified atom stereocenters. The molecule has 0 spiro atoms. The maximum absolute atomic E-state index is 12.7. The maximum Gasteiger partial charge on any atom is 0.240 e. The molecular formula is C18H32N2O5S2. The Labute approximate surface area is 163 Å². The van der Waals surface area contributed by atoms with Crippen LogP contribution in [0, 0.1) is 18.8 Å². The van der Waals surface area contributed by atoms with Crippen LogP contribution in [0.3, 0.4) is 0 Å². The van der Waals surface area contributed by atoms with Crippen LogP contribution >= 0.6 is 0 Å². The van der Waals surface area contributed by atoms with E-state index in [9.17, 15) is 21.9 Å². The van der Waals surface area contributed by atoms with Crippen molar-refractivity contribution in [3.05, 3.63) is 29.8 Å². The molecule has 0 heterocycles. The Bertz CT molecular complexity index is 803. The fourth-order valence-corrected chi connectivity index (χ4v) is 5.32. The van der Waals surface area contributed by atoms with Crippen LogP contribution in [0.4, 0.5) is 0 Å². The first-order chi connectivity index (χ1) is 12.3. The van der Waals surface area contributed by atoms with Crippen LogP contribution in [0.1, 0.15) is 33.3 Å². The van der Waals surface area contributed by atoms with Gasteiger partial charge in [-0.3, -0.25) is 0 Å². The lowest BCUT2D eigenvalue weighted by atomic mass is 10.0. The molecule has 0 bridgehead atoms. The molecule has 0 aliphatic heterocycles. The quantitative estimate of drug-likeness (QED) is 0.598. The lowest BCUT2D eigenvalue weighted by Crippen LogP contribution is -2.53. The van der Waals surface area contributed by atoms with Crippen LogP contribution < -0.4 is 4.72 Å². The maximum atomic E-state index is 12.7. The Kier molecular flexibility index (Phi) is 8.43. The van der Waals surface area contributed by atoms with Crippen molar-refractivity contribution in [2.45, 2.75) is 51.6 Å². The van der Waals surface area contributed by atoms with Crippen LogP contribution in [0.15, 0.2) is 29.2 Å². The average Bonchev–Trinajstić information content (AvgIpc) is 2.52. The van der Waals surface area contributed by atoms with Crippen molar-refractivity contribution in [2.75, 3.05) is 19.4 Å². The minimum absolute atomic E-state index is 0.0506. The van der Waals surface area contributed by atoms with Gasteiger partial charge in [-0.2, -0.15) is 4.31 Å². The topological polar surface area (TPSA) is 104 Å². The van der Waals surface area contributed by atoms with E-state index < -0.39 is 32.1 Å². The number of benzene rings is 1. The zero-order valence-corrected chi connectivity index (χ0v) is 18.5. The summed E-state index contributed by atoms with van der Waals surface area (Å²) >= 11 is 0. The summed E-state index contributed by atoms with van der Waals surface area (Å²) in [5.41, 5.74) is 0.945. The summed E-state index contributed by atoms with van der Waals surface area (Å²) in [5.74, 6) is -0.271. The molecule has 7 nitrogen and oxygen atoms in total. The van der Waals surface area contributed by atoms with Gasteiger partial charge in [-0.05, 0) is 30.9 Å². The second-order valence-corrected chi connectivity index (χ2v) is 11.3. The molecule has 0 aliphatic rings. The summed E-state index contributed by atoms with van der Waals surface area (Å²) in [7, 11) is -7.44. The molecule has 1 aromatic carbocycles. The highest BCUT2D eigenvalue weighted by atomic mass is 32.2. The number of hydrogen-bond donors (Lipinski definition) is 2. The van der Waals surface area contributed by atoms with E-state index >= 15 is 0 Å². The van der Waals surface area contributed by atoms with Crippen molar-refractivity contribution >= 4 is 20.0 Å². The molecule has 27 heavy (non-hydrogen) atoms. The Morgan fingerprint density at radius 3 is 1.89 bits per heavy atom. The van der Waals surface area contributed by atoms with Gasteiger partial charge in [0.2, 0.25) is 20.0 Å². The van der Waals surface area contributed by atoms with Gasteiger partial charge in [0.25, 0.3) is 0 Å². The molecule has 0 amide bonds. The van der Waals surface area contributed by atoms with Crippen molar-refractivity contribution in [2.24, 2.45) is 11.8 Å². The molecule has 1 aromatic rings. The molecule has 9 heteroatoms. The van der Waals surface area contributed by atoms with Gasteiger partial charge in [-0.15, -0.1) is 0 Å². The lowest BCUT2D eigenvalue weighted by Gasteiger charge is -2.35. The zero-order valence-electron chi connectivity index (χ0n) is 16.9. The van der Waals surface area contributed by atoms with E-state index in [-0.39, 0.29) is 29.9 Å². The van der Waals surface area contributed by atoms with Crippen molar-refractivity contribution in [3.8, 4) is 0 Å². The van der Waals surface area contributed by atoms with Gasteiger partial charge in [0.05, 0.1) is 23.8 Å². The van der Waals surface area contributed by atoms with E-state index in [1.807, 2.05) is 34.6 Å². The number of hydrogen-bond acceptors (Lipinski definition) is 5. The number of aliphatic hydroxyl groups is 1. The molecular weight excluding hydrogens is 388 g/mol.